The summed E-state index contributed by atoms with van der Waals surface area (Å²) in [5.74, 6) is -7.32. The third kappa shape index (κ3) is 5.87. The number of amides is 1. The average Bonchev–Trinajstić information content (AvgIpc) is 3.18. The molecule has 0 bridgehead atoms. The van der Waals surface area contributed by atoms with Gasteiger partial charge in [-0.05, 0) is 25.5 Å². The van der Waals surface area contributed by atoms with Gasteiger partial charge in [0.25, 0.3) is 6.17 Å². The molecule has 29 heavy (non-hydrogen) atoms. The van der Waals surface area contributed by atoms with E-state index in [1.807, 2.05) is 0 Å². The first-order valence-electron chi connectivity index (χ1n) is 8.54. The van der Waals surface area contributed by atoms with Crippen LogP contribution in [0.1, 0.15) is 18.4 Å². The topological polar surface area (TPSA) is 59.6 Å². The van der Waals surface area contributed by atoms with Crippen LogP contribution in [0.2, 0.25) is 0 Å². The molecule has 1 aromatic carbocycles. The molecule has 2 N–H and O–H groups in total. The highest BCUT2D eigenvalue weighted by Crippen LogP contribution is 2.36. The number of rotatable bonds is 8. The van der Waals surface area contributed by atoms with Gasteiger partial charge in [0.15, 0.2) is 18.2 Å². The lowest BCUT2D eigenvalue weighted by molar-refractivity contribution is -0.250. The van der Waals surface area contributed by atoms with Gasteiger partial charge < -0.3 is 20.1 Å². The molecule has 1 amide bonds. The molecule has 0 aliphatic carbocycles. The summed E-state index contributed by atoms with van der Waals surface area (Å²) in [6.07, 6.45) is -8.77. The van der Waals surface area contributed by atoms with Crippen LogP contribution < -0.4 is 20.1 Å². The maximum absolute atomic E-state index is 14.1. The van der Waals surface area contributed by atoms with Crippen LogP contribution in [0.4, 0.5) is 30.7 Å². The lowest BCUT2D eigenvalue weighted by Crippen LogP contribution is -2.45. The van der Waals surface area contributed by atoms with E-state index in [1.54, 1.807) is 0 Å². The molecular formula is C17H19F7N2O3. The maximum Gasteiger partial charge on any atom is 0.425 e. The van der Waals surface area contributed by atoms with E-state index in [-0.39, 0.29) is 29.8 Å². The Morgan fingerprint density at radius 2 is 1.97 bits per heavy atom. The molecule has 1 fully saturated rings. The summed E-state index contributed by atoms with van der Waals surface area (Å²) in [5.41, 5.74) is 0.147. The zero-order valence-electron chi connectivity index (χ0n) is 15.2. The van der Waals surface area contributed by atoms with Gasteiger partial charge in [-0.25, -0.2) is 8.78 Å². The Kier molecular flexibility index (Phi) is 7.20. The molecule has 1 saturated heterocycles. The number of hydrogen-bond acceptors (Lipinski definition) is 4. The van der Waals surface area contributed by atoms with Gasteiger partial charge in [0.05, 0.1) is 13.2 Å². The normalized spacial score (nSPS) is 18.4. The Balaban J connectivity index is 2.06. The fourth-order valence-electron chi connectivity index (χ4n) is 2.72. The van der Waals surface area contributed by atoms with E-state index in [0.717, 1.165) is 18.6 Å². The molecule has 0 spiro atoms. The molecule has 0 aromatic heterocycles. The largest absolute Gasteiger partial charge is 0.496 e. The van der Waals surface area contributed by atoms with Crippen LogP contribution >= 0.6 is 0 Å². The Bertz CT molecular complexity index is 722. The summed E-state index contributed by atoms with van der Waals surface area (Å²) in [6.45, 7) is -1.48. The quantitative estimate of drug-likeness (QED) is 0.620. The number of carbonyl (C=O) groups is 1. The van der Waals surface area contributed by atoms with Gasteiger partial charge in [-0.1, -0.05) is 0 Å². The first-order chi connectivity index (χ1) is 13.5. The van der Waals surface area contributed by atoms with E-state index in [4.69, 9.17) is 4.74 Å². The maximum atomic E-state index is 14.1. The molecule has 1 heterocycles. The van der Waals surface area contributed by atoms with Crippen LogP contribution in [0.15, 0.2) is 12.1 Å². The monoisotopic (exact) mass is 432 g/mol. The zero-order chi connectivity index (χ0) is 21.8. The van der Waals surface area contributed by atoms with Crippen LogP contribution in [0.3, 0.4) is 0 Å². The SMILES string of the molecule is COc1cc(OCC(F)(F)C(F)C(F)(F)F)c(F)cc1CNC(=O)[C@@H]1CCCN1. The van der Waals surface area contributed by atoms with Crippen molar-refractivity contribution in [2.24, 2.45) is 0 Å². The zero-order valence-corrected chi connectivity index (χ0v) is 15.2. The van der Waals surface area contributed by atoms with Gasteiger partial charge in [0.2, 0.25) is 5.91 Å². The van der Waals surface area contributed by atoms with Crippen molar-refractivity contribution in [1.82, 2.24) is 10.6 Å². The summed E-state index contributed by atoms with van der Waals surface area (Å²) in [4.78, 5) is 12.0. The van der Waals surface area contributed by atoms with Crippen LogP contribution in [0.5, 0.6) is 11.5 Å². The van der Waals surface area contributed by atoms with E-state index in [2.05, 4.69) is 15.4 Å². The Hall–Kier alpha value is -2.24. The van der Waals surface area contributed by atoms with E-state index in [0.29, 0.717) is 13.0 Å². The molecule has 0 saturated carbocycles. The summed E-state index contributed by atoms with van der Waals surface area (Å²) >= 11 is 0. The number of methoxy groups -OCH3 is 1. The Morgan fingerprint density at radius 3 is 2.52 bits per heavy atom. The summed E-state index contributed by atoms with van der Waals surface area (Å²) in [6, 6.07) is 1.28. The minimum Gasteiger partial charge on any atom is -0.496 e. The van der Waals surface area contributed by atoms with Crippen molar-refractivity contribution in [3.05, 3.63) is 23.5 Å². The highest BCUT2D eigenvalue weighted by atomic mass is 19.4. The molecule has 1 aliphatic heterocycles. The Morgan fingerprint density at radius 1 is 1.28 bits per heavy atom. The number of alkyl halides is 6. The second kappa shape index (κ2) is 9.06. The van der Waals surface area contributed by atoms with Crippen LogP contribution in [0, 0.1) is 5.82 Å². The standard InChI is InChI=1S/C17H19F7N2O3/c1-28-12-6-13(29-8-16(20,21)15(19)17(22,23)24)10(18)5-9(12)7-26-14(27)11-3-2-4-25-11/h5-6,11,15,25H,2-4,7-8H2,1H3,(H,26,27)/t11-,15?/m0/s1. The Labute approximate surface area is 161 Å². The first-order valence-corrected chi connectivity index (χ1v) is 8.54. The van der Waals surface area contributed by atoms with Gasteiger partial charge in [0, 0.05) is 18.2 Å². The fraction of sp³-hybridized carbons (Fsp3) is 0.588. The lowest BCUT2D eigenvalue weighted by Gasteiger charge is -2.23. The molecule has 12 heteroatoms. The van der Waals surface area contributed by atoms with E-state index >= 15 is 0 Å². The highest BCUT2D eigenvalue weighted by molar-refractivity contribution is 5.82. The van der Waals surface area contributed by atoms with Crippen LogP contribution in [-0.4, -0.2) is 50.5 Å². The van der Waals surface area contributed by atoms with Crippen LogP contribution in [-0.2, 0) is 11.3 Å². The van der Waals surface area contributed by atoms with Crippen molar-refractivity contribution in [3.8, 4) is 11.5 Å². The molecule has 0 radical (unpaired) electrons. The highest BCUT2D eigenvalue weighted by Gasteiger charge is 2.57. The van der Waals surface area contributed by atoms with Crippen molar-refractivity contribution in [3.63, 3.8) is 0 Å². The second-order valence-corrected chi connectivity index (χ2v) is 6.42. The molecule has 164 valence electrons. The smallest absolute Gasteiger partial charge is 0.425 e. The van der Waals surface area contributed by atoms with Gasteiger partial charge in [0.1, 0.15) is 5.75 Å². The van der Waals surface area contributed by atoms with Crippen molar-refractivity contribution >= 4 is 5.91 Å². The minimum atomic E-state index is -5.79. The number of hydrogen-bond donors (Lipinski definition) is 2. The number of ether oxygens (including phenoxy) is 2. The fourth-order valence-corrected chi connectivity index (χ4v) is 2.72. The molecule has 2 rings (SSSR count). The number of halogens is 7. The van der Waals surface area contributed by atoms with Crippen molar-refractivity contribution in [2.45, 2.75) is 43.7 Å². The molecule has 1 aliphatic rings. The van der Waals surface area contributed by atoms with Crippen molar-refractivity contribution < 1.29 is 45.0 Å². The molecule has 5 nitrogen and oxygen atoms in total. The molecule has 2 atom stereocenters. The predicted octanol–water partition coefficient (Wildman–Crippen LogP) is 3.12. The van der Waals surface area contributed by atoms with E-state index in [1.165, 1.54) is 7.11 Å². The first kappa shape index (κ1) is 23.0. The summed E-state index contributed by atoms with van der Waals surface area (Å²) in [5, 5.41) is 5.54. The third-order valence-corrected chi connectivity index (χ3v) is 4.24. The third-order valence-electron chi connectivity index (χ3n) is 4.24. The molecule has 1 unspecified atom stereocenters. The van der Waals surface area contributed by atoms with Crippen LogP contribution in [0.25, 0.3) is 0 Å². The average molecular weight is 432 g/mol. The lowest BCUT2D eigenvalue weighted by atomic mass is 10.1. The summed E-state index contributed by atoms with van der Waals surface area (Å²) < 4.78 is 99.4. The second-order valence-electron chi connectivity index (χ2n) is 6.42. The summed E-state index contributed by atoms with van der Waals surface area (Å²) in [7, 11) is 1.18. The van der Waals surface area contributed by atoms with Gasteiger partial charge in [-0.15, -0.1) is 0 Å². The van der Waals surface area contributed by atoms with Gasteiger partial charge in [-0.3, -0.25) is 4.79 Å². The number of benzene rings is 1. The number of nitrogens with one attached hydrogen (secondary N) is 2. The molecular weight excluding hydrogens is 413 g/mol. The van der Waals surface area contributed by atoms with Crippen molar-refractivity contribution in [1.29, 1.82) is 0 Å². The van der Waals surface area contributed by atoms with Gasteiger partial charge in [-0.2, -0.15) is 22.0 Å². The van der Waals surface area contributed by atoms with Crippen molar-refractivity contribution in [2.75, 3.05) is 20.3 Å². The minimum absolute atomic E-state index is 0.0583. The predicted molar refractivity (Wildman–Crippen MR) is 87.2 cm³/mol. The van der Waals surface area contributed by atoms with E-state index < -0.39 is 36.4 Å². The van der Waals surface area contributed by atoms with Gasteiger partial charge >= 0.3 is 12.1 Å². The van der Waals surface area contributed by atoms with E-state index in [9.17, 15) is 35.5 Å². The number of carbonyl (C=O) groups excluding carboxylic acids is 1. The molecule has 1 aromatic rings.